The molecule has 19 heavy (non-hydrogen) atoms. The van der Waals surface area contributed by atoms with Crippen LogP contribution in [0.2, 0.25) is 0 Å². The molecule has 0 radical (unpaired) electrons. The Labute approximate surface area is 111 Å². The second-order valence-corrected chi connectivity index (χ2v) is 4.41. The van der Waals surface area contributed by atoms with Gasteiger partial charge in [0, 0.05) is 19.3 Å². The lowest BCUT2D eigenvalue weighted by atomic mass is 10.1. The average molecular weight is 261 g/mol. The number of rotatable bonds is 4. The highest BCUT2D eigenvalue weighted by Crippen LogP contribution is 2.20. The van der Waals surface area contributed by atoms with Crippen molar-refractivity contribution in [2.45, 2.75) is 18.9 Å². The van der Waals surface area contributed by atoms with Crippen molar-refractivity contribution in [1.82, 2.24) is 4.98 Å². The van der Waals surface area contributed by atoms with Crippen molar-refractivity contribution >= 4 is 11.8 Å². The number of carbonyl (C=O) groups is 1. The lowest BCUT2D eigenvalue weighted by Crippen LogP contribution is -2.38. The van der Waals surface area contributed by atoms with E-state index in [-0.39, 0.29) is 12.7 Å². The van der Waals surface area contributed by atoms with Gasteiger partial charge in [-0.2, -0.15) is 5.26 Å². The number of carboxylic acid groups (broad SMARTS) is 1. The number of anilines is 1. The van der Waals surface area contributed by atoms with Gasteiger partial charge in [-0.25, -0.2) is 9.78 Å². The number of aliphatic carboxylic acids is 1. The normalized spacial score (nSPS) is 16.1. The fraction of sp³-hybridized carbons (Fsp3) is 0.462. The Bertz CT molecular complexity index is 490. The highest BCUT2D eigenvalue weighted by Gasteiger charge is 2.21. The fourth-order valence-electron chi connectivity index (χ4n) is 2.10. The second kappa shape index (κ2) is 6.16. The van der Waals surface area contributed by atoms with E-state index >= 15 is 0 Å². The number of aromatic nitrogens is 1. The van der Waals surface area contributed by atoms with Crippen LogP contribution in [0.4, 0.5) is 5.82 Å². The molecule has 0 aromatic carbocycles. The second-order valence-electron chi connectivity index (χ2n) is 4.41. The molecular formula is C13H15N3O3. The Balaban J connectivity index is 1.89. The summed E-state index contributed by atoms with van der Waals surface area (Å²) in [5.74, 6) is -0.151. The maximum Gasteiger partial charge on any atom is 0.329 e. The smallest absolute Gasteiger partial charge is 0.329 e. The lowest BCUT2D eigenvalue weighted by Gasteiger charge is -2.32. The Kier molecular flexibility index (Phi) is 4.31. The van der Waals surface area contributed by atoms with Gasteiger partial charge in [0.25, 0.3) is 0 Å². The molecule has 0 spiro atoms. The minimum Gasteiger partial charge on any atom is -0.480 e. The zero-order valence-corrected chi connectivity index (χ0v) is 10.5. The van der Waals surface area contributed by atoms with Crippen LogP contribution in [0, 0.1) is 11.3 Å². The van der Waals surface area contributed by atoms with Crippen molar-refractivity contribution < 1.29 is 14.6 Å². The van der Waals surface area contributed by atoms with E-state index in [1.165, 1.54) is 0 Å². The summed E-state index contributed by atoms with van der Waals surface area (Å²) >= 11 is 0. The number of pyridine rings is 1. The molecule has 100 valence electrons. The third kappa shape index (κ3) is 3.66. The van der Waals surface area contributed by atoms with E-state index < -0.39 is 5.97 Å². The van der Waals surface area contributed by atoms with Crippen molar-refractivity contribution in [3.63, 3.8) is 0 Å². The zero-order valence-electron chi connectivity index (χ0n) is 10.5. The maximum absolute atomic E-state index is 10.4. The van der Waals surface area contributed by atoms with Gasteiger partial charge in [0.1, 0.15) is 12.4 Å². The van der Waals surface area contributed by atoms with Gasteiger partial charge in [-0.05, 0) is 25.0 Å². The van der Waals surface area contributed by atoms with Gasteiger partial charge in [-0.1, -0.05) is 0 Å². The molecule has 0 aliphatic carbocycles. The van der Waals surface area contributed by atoms with Crippen molar-refractivity contribution in [2.24, 2.45) is 0 Å². The van der Waals surface area contributed by atoms with Gasteiger partial charge in [0.2, 0.25) is 0 Å². The molecule has 1 aromatic heterocycles. The van der Waals surface area contributed by atoms with Gasteiger partial charge in [-0.3, -0.25) is 0 Å². The Morgan fingerprint density at radius 2 is 2.32 bits per heavy atom. The molecule has 0 bridgehead atoms. The third-order valence-electron chi connectivity index (χ3n) is 3.08. The van der Waals surface area contributed by atoms with E-state index in [4.69, 9.17) is 15.1 Å². The number of ether oxygens (including phenoxy) is 1. The van der Waals surface area contributed by atoms with Gasteiger partial charge < -0.3 is 14.7 Å². The molecule has 0 atom stereocenters. The van der Waals surface area contributed by atoms with Gasteiger partial charge in [0.15, 0.2) is 0 Å². The van der Waals surface area contributed by atoms with Crippen molar-refractivity contribution in [3.8, 4) is 6.07 Å². The molecule has 1 aromatic rings. The van der Waals surface area contributed by atoms with E-state index in [2.05, 4.69) is 16.0 Å². The molecule has 1 N–H and O–H groups in total. The number of nitrogens with zero attached hydrogens (tertiary/aromatic N) is 3. The Morgan fingerprint density at radius 3 is 2.95 bits per heavy atom. The Hall–Kier alpha value is -2.13. The molecule has 0 unspecified atom stereocenters. The molecule has 2 heterocycles. The van der Waals surface area contributed by atoms with Gasteiger partial charge in [0.05, 0.1) is 17.7 Å². The molecule has 1 aliphatic rings. The molecular weight excluding hydrogens is 246 g/mol. The summed E-state index contributed by atoms with van der Waals surface area (Å²) in [6.07, 6.45) is 3.16. The van der Waals surface area contributed by atoms with E-state index in [0.29, 0.717) is 5.56 Å². The highest BCUT2D eigenvalue weighted by atomic mass is 16.5. The van der Waals surface area contributed by atoms with Crippen LogP contribution in [0.25, 0.3) is 0 Å². The minimum atomic E-state index is -0.939. The van der Waals surface area contributed by atoms with Crippen LogP contribution in [-0.2, 0) is 9.53 Å². The third-order valence-corrected chi connectivity index (χ3v) is 3.08. The topological polar surface area (TPSA) is 86.5 Å². The van der Waals surface area contributed by atoms with E-state index in [0.717, 1.165) is 31.7 Å². The summed E-state index contributed by atoms with van der Waals surface area (Å²) in [5, 5.41) is 17.4. The SMILES string of the molecule is N#Cc1ccnc(N2CCC(OCC(=O)O)CC2)c1. The van der Waals surface area contributed by atoms with E-state index in [1.54, 1.807) is 18.3 Å². The van der Waals surface area contributed by atoms with Crippen LogP contribution in [0.1, 0.15) is 18.4 Å². The van der Waals surface area contributed by atoms with Gasteiger partial charge in [-0.15, -0.1) is 0 Å². The van der Waals surface area contributed by atoms with Gasteiger partial charge >= 0.3 is 5.97 Å². The first-order chi connectivity index (χ1) is 9.19. The lowest BCUT2D eigenvalue weighted by molar-refractivity contribution is -0.144. The maximum atomic E-state index is 10.4. The van der Waals surface area contributed by atoms with E-state index in [1.807, 2.05) is 0 Å². The molecule has 1 aliphatic heterocycles. The molecule has 1 saturated heterocycles. The molecule has 6 nitrogen and oxygen atoms in total. The molecule has 0 amide bonds. The summed E-state index contributed by atoms with van der Waals surface area (Å²) in [6, 6.07) is 5.53. The first kappa shape index (κ1) is 13.3. The van der Waals surface area contributed by atoms with E-state index in [9.17, 15) is 4.79 Å². The largest absolute Gasteiger partial charge is 0.480 e. The first-order valence-electron chi connectivity index (χ1n) is 6.13. The minimum absolute atomic E-state index is 0.00787. The quantitative estimate of drug-likeness (QED) is 0.870. The zero-order chi connectivity index (χ0) is 13.7. The number of piperidine rings is 1. The summed E-state index contributed by atoms with van der Waals surface area (Å²) in [6.45, 7) is 1.27. The summed E-state index contributed by atoms with van der Waals surface area (Å²) < 4.78 is 5.27. The van der Waals surface area contributed by atoms with Crippen LogP contribution < -0.4 is 4.90 Å². The monoisotopic (exact) mass is 261 g/mol. The van der Waals surface area contributed by atoms with Crippen molar-refractivity contribution in [1.29, 1.82) is 5.26 Å². The fourth-order valence-corrected chi connectivity index (χ4v) is 2.10. The number of hydrogen-bond donors (Lipinski definition) is 1. The average Bonchev–Trinajstić information content (AvgIpc) is 2.45. The molecule has 6 heteroatoms. The Morgan fingerprint density at radius 1 is 1.58 bits per heavy atom. The standard InChI is InChI=1S/C13H15N3O3/c14-8-10-1-4-15-12(7-10)16-5-2-11(3-6-16)19-9-13(17)18/h1,4,7,11H,2-3,5-6,9H2,(H,17,18). The summed E-state index contributed by atoms with van der Waals surface area (Å²) in [7, 11) is 0. The van der Waals surface area contributed by atoms with Crippen molar-refractivity contribution in [3.05, 3.63) is 23.9 Å². The molecule has 0 saturated carbocycles. The molecule has 2 rings (SSSR count). The summed E-state index contributed by atoms with van der Waals surface area (Å²) in [5.41, 5.74) is 0.592. The van der Waals surface area contributed by atoms with Crippen LogP contribution in [0.3, 0.4) is 0 Å². The van der Waals surface area contributed by atoms with Crippen LogP contribution >= 0.6 is 0 Å². The number of nitriles is 1. The van der Waals surface area contributed by atoms with Crippen LogP contribution in [0.15, 0.2) is 18.3 Å². The molecule has 1 fully saturated rings. The van der Waals surface area contributed by atoms with Crippen LogP contribution in [-0.4, -0.2) is 41.9 Å². The van der Waals surface area contributed by atoms with Crippen LogP contribution in [0.5, 0.6) is 0 Å². The predicted octanol–water partition coefficient (Wildman–Crippen LogP) is 1.02. The number of hydrogen-bond acceptors (Lipinski definition) is 5. The highest BCUT2D eigenvalue weighted by molar-refractivity contribution is 5.68. The first-order valence-corrected chi connectivity index (χ1v) is 6.13. The van der Waals surface area contributed by atoms with Crippen molar-refractivity contribution in [2.75, 3.05) is 24.6 Å². The summed E-state index contributed by atoms with van der Waals surface area (Å²) in [4.78, 5) is 16.8. The predicted molar refractivity (Wildman–Crippen MR) is 67.8 cm³/mol. The number of carboxylic acids is 1.